The molecule has 0 radical (unpaired) electrons. The van der Waals surface area contributed by atoms with Crippen molar-refractivity contribution < 1.29 is 14.3 Å². The van der Waals surface area contributed by atoms with Crippen LogP contribution in [0.15, 0.2) is 54.9 Å². The predicted octanol–water partition coefficient (Wildman–Crippen LogP) is 4.19. The van der Waals surface area contributed by atoms with Gasteiger partial charge in [0.05, 0.1) is 0 Å². The summed E-state index contributed by atoms with van der Waals surface area (Å²) in [5.41, 5.74) is 4.59. The van der Waals surface area contributed by atoms with E-state index in [1.807, 2.05) is 39.0 Å². The Labute approximate surface area is 181 Å². The summed E-state index contributed by atoms with van der Waals surface area (Å²) in [4.78, 5) is 35.5. The third-order valence-electron chi connectivity index (χ3n) is 5.53. The van der Waals surface area contributed by atoms with Crippen molar-refractivity contribution in [2.45, 2.75) is 27.2 Å². The largest absolute Gasteiger partial charge is 0.424 e. The lowest BCUT2D eigenvalue weighted by molar-refractivity contribution is -0.129. The van der Waals surface area contributed by atoms with E-state index in [1.54, 1.807) is 41.6 Å². The number of carbonyl (C=O) groups is 2. The first-order valence-electron chi connectivity index (χ1n) is 10.2. The molecule has 0 spiro atoms. The number of ether oxygens (including phenoxy) is 1. The molecule has 158 valence electrons. The lowest BCUT2D eigenvalue weighted by atomic mass is 10.1. The Balaban J connectivity index is 1.43. The highest BCUT2D eigenvalue weighted by atomic mass is 16.5. The second-order valence-electron chi connectivity index (χ2n) is 7.70. The van der Waals surface area contributed by atoms with Gasteiger partial charge in [0.15, 0.2) is 0 Å². The predicted molar refractivity (Wildman–Crippen MR) is 118 cm³/mol. The standard InChI is InChI=1S/C24H24N4O3/c1-15-5-6-18(13-16(15)2)28-12-9-20(23(28)30)22(29)27-21-8-7-19(14-17(21)3)31-24-25-10-4-11-26-24/h4-8,10-11,13-14,20H,9,12H2,1-3H3,(H,27,29). The molecule has 0 bridgehead atoms. The average molecular weight is 416 g/mol. The van der Waals surface area contributed by atoms with Crippen LogP contribution in [0.3, 0.4) is 0 Å². The molecule has 1 fully saturated rings. The molecule has 7 heteroatoms. The summed E-state index contributed by atoms with van der Waals surface area (Å²) in [5.74, 6) is -0.590. The van der Waals surface area contributed by atoms with E-state index in [2.05, 4.69) is 15.3 Å². The van der Waals surface area contributed by atoms with Gasteiger partial charge >= 0.3 is 6.01 Å². The molecule has 2 amide bonds. The molecule has 2 heterocycles. The van der Waals surface area contributed by atoms with E-state index in [0.717, 1.165) is 16.8 Å². The Morgan fingerprint density at radius 1 is 1.03 bits per heavy atom. The maximum atomic E-state index is 12.9. The smallest absolute Gasteiger partial charge is 0.321 e. The zero-order valence-electron chi connectivity index (χ0n) is 17.8. The van der Waals surface area contributed by atoms with E-state index < -0.39 is 5.92 Å². The van der Waals surface area contributed by atoms with Gasteiger partial charge in [0, 0.05) is 30.3 Å². The van der Waals surface area contributed by atoms with Crippen LogP contribution in [0.25, 0.3) is 0 Å². The number of carbonyl (C=O) groups excluding carboxylic acids is 2. The van der Waals surface area contributed by atoms with E-state index in [4.69, 9.17) is 4.74 Å². The number of nitrogens with one attached hydrogen (secondary N) is 1. The van der Waals surface area contributed by atoms with Gasteiger partial charge < -0.3 is 15.0 Å². The van der Waals surface area contributed by atoms with Crippen molar-refractivity contribution in [2.75, 3.05) is 16.8 Å². The van der Waals surface area contributed by atoms with Crippen molar-refractivity contribution >= 4 is 23.2 Å². The second-order valence-corrected chi connectivity index (χ2v) is 7.70. The van der Waals surface area contributed by atoms with Crippen molar-refractivity contribution in [3.8, 4) is 11.8 Å². The lowest BCUT2D eigenvalue weighted by Crippen LogP contribution is -2.33. The topological polar surface area (TPSA) is 84.4 Å². The molecule has 1 unspecified atom stereocenters. The van der Waals surface area contributed by atoms with Gasteiger partial charge in [0.2, 0.25) is 11.8 Å². The lowest BCUT2D eigenvalue weighted by Gasteiger charge is -2.18. The van der Waals surface area contributed by atoms with Crippen molar-refractivity contribution in [2.24, 2.45) is 5.92 Å². The molecule has 1 N–H and O–H groups in total. The van der Waals surface area contributed by atoms with Crippen molar-refractivity contribution in [1.82, 2.24) is 9.97 Å². The van der Waals surface area contributed by atoms with Crippen LogP contribution >= 0.6 is 0 Å². The summed E-state index contributed by atoms with van der Waals surface area (Å²) in [7, 11) is 0. The van der Waals surface area contributed by atoms with Crippen LogP contribution in [-0.4, -0.2) is 28.3 Å². The number of hydrogen-bond acceptors (Lipinski definition) is 5. The molecule has 1 aromatic heterocycles. The van der Waals surface area contributed by atoms with Crippen LogP contribution in [0.1, 0.15) is 23.1 Å². The SMILES string of the molecule is Cc1ccc(N2CCC(C(=O)Nc3ccc(Oc4ncccn4)cc3C)C2=O)cc1C. The van der Waals surface area contributed by atoms with E-state index in [1.165, 1.54) is 5.56 Å². The van der Waals surface area contributed by atoms with Crippen molar-refractivity contribution in [3.63, 3.8) is 0 Å². The van der Waals surface area contributed by atoms with Gasteiger partial charge in [-0.05, 0) is 80.3 Å². The number of hydrogen-bond donors (Lipinski definition) is 1. The van der Waals surface area contributed by atoms with Crippen LogP contribution in [-0.2, 0) is 9.59 Å². The molecular weight excluding hydrogens is 392 g/mol. The normalized spacial score (nSPS) is 15.8. The molecule has 4 rings (SSSR count). The average Bonchev–Trinajstić information content (AvgIpc) is 3.14. The maximum absolute atomic E-state index is 12.9. The Hall–Kier alpha value is -3.74. The number of benzene rings is 2. The third kappa shape index (κ3) is 4.40. The van der Waals surface area contributed by atoms with Crippen LogP contribution in [0.4, 0.5) is 11.4 Å². The highest BCUT2D eigenvalue weighted by Crippen LogP contribution is 2.29. The first-order chi connectivity index (χ1) is 14.9. The molecule has 1 atom stereocenters. The zero-order chi connectivity index (χ0) is 22.0. The highest BCUT2D eigenvalue weighted by molar-refractivity contribution is 6.13. The molecular formula is C24H24N4O3. The molecule has 7 nitrogen and oxygen atoms in total. The van der Waals surface area contributed by atoms with E-state index in [9.17, 15) is 9.59 Å². The second kappa shape index (κ2) is 8.55. The fraction of sp³-hybridized carbons (Fsp3) is 0.250. The Kier molecular flexibility index (Phi) is 5.66. The summed E-state index contributed by atoms with van der Waals surface area (Å²) < 4.78 is 5.62. The van der Waals surface area contributed by atoms with E-state index >= 15 is 0 Å². The summed E-state index contributed by atoms with van der Waals surface area (Å²) in [6.07, 6.45) is 3.69. The van der Waals surface area contributed by atoms with Gasteiger partial charge in [-0.15, -0.1) is 0 Å². The first kappa shape index (κ1) is 20.5. The molecule has 2 aromatic carbocycles. The monoisotopic (exact) mass is 416 g/mol. The van der Waals surface area contributed by atoms with E-state index in [-0.39, 0.29) is 17.8 Å². The Morgan fingerprint density at radius 3 is 2.52 bits per heavy atom. The maximum Gasteiger partial charge on any atom is 0.321 e. The summed E-state index contributed by atoms with van der Waals surface area (Å²) >= 11 is 0. The fourth-order valence-electron chi connectivity index (χ4n) is 3.58. The quantitative estimate of drug-likeness (QED) is 0.631. The minimum absolute atomic E-state index is 0.167. The van der Waals surface area contributed by atoms with Crippen LogP contribution in [0.5, 0.6) is 11.8 Å². The van der Waals surface area contributed by atoms with Crippen molar-refractivity contribution in [1.29, 1.82) is 0 Å². The number of aromatic nitrogens is 2. The molecule has 0 saturated carbocycles. The van der Waals surface area contributed by atoms with Gasteiger partial charge in [-0.25, -0.2) is 9.97 Å². The van der Waals surface area contributed by atoms with Crippen LogP contribution in [0, 0.1) is 26.7 Å². The molecule has 1 aliphatic heterocycles. The first-order valence-corrected chi connectivity index (χ1v) is 10.2. The Morgan fingerprint density at radius 2 is 1.81 bits per heavy atom. The molecule has 1 aliphatic rings. The highest BCUT2D eigenvalue weighted by Gasteiger charge is 2.37. The number of aryl methyl sites for hydroxylation is 3. The van der Waals surface area contributed by atoms with Crippen molar-refractivity contribution in [3.05, 3.63) is 71.5 Å². The van der Waals surface area contributed by atoms with Gasteiger partial charge in [0.1, 0.15) is 11.7 Å². The van der Waals surface area contributed by atoms with Gasteiger partial charge in [0.25, 0.3) is 0 Å². The molecule has 0 aliphatic carbocycles. The molecule has 3 aromatic rings. The third-order valence-corrected chi connectivity index (χ3v) is 5.53. The number of anilines is 2. The number of amides is 2. The van der Waals surface area contributed by atoms with E-state index in [0.29, 0.717) is 24.4 Å². The minimum atomic E-state index is -0.699. The molecule has 1 saturated heterocycles. The number of rotatable bonds is 5. The fourth-order valence-corrected chi connectivity index (χ4v) is 3.58. The van der Waals surface area contributed by atoms with Gasteiger partial charge in [-0.3, -0.25) is 9.59 Å². The summed E-state index contributed by atoms with van der Waals surface area (Å²) in [6, 6.07) is 13.2. The van der Waals surface area contributed by atoms with Crippen LogP contribution in [0.2, 0.25) is 0 Å². The minimum Gasteiger partial charge on any atom is -0.424 e. The zero-order valence-corrected chi connectivity index (χ0v) is 17.8. The number of nitrogens with zero attached hydrogens (tertiary/aromatic N) is 3. The summed E-state index contributed by atoms with van der Waals surface area (Å²) in [5, 5.41) is 2.89. The van der Waals surface area contributed by atoms with Gasteiger partial charge in [-0.2, -0.15) is 0 Å². The summed E-state index contributed by atoms with van der Waals surface area (Å²) in [6.45, 7) is 6.45. The molecule has 31 heavy (non-hydrogen) atoms. The van der Waals surface area contributed by atoms with Gasteiger partial charge in [-0.1, -0.05) is 6.07 Å². The van der Waals surface area contributed by atoms with Crippen LogP contribution < -0.4 is 15.0 Å². The Bertz CT molecular complexity index is 1130.